The molecule has 0 amide bonds. The van der Waals surface area contributed by atoms with Gasteiger partial charge in [0.15, 0.2) is 5.69 Å². The summed E-state index contributed by atoms with van der Waals surface area (Å²) in [5.41, 5.74) is 0.618. The van der Waals surface area contributed by atoms with Crippen molar-refractivity contribution in [1.29, 1.82) is 0 Å². The van der Waals surface area contributed by atoms with Crippen molar-refractivity contribution in [3.05, 3.63) is 17.0 Å². The van der Waals surface area contributed by atoms with E-state index in [0.29, 0.717) is 17.9 Å². The number of carboxylic acids is 1. The van der Waals surface area contributed by atoms with Gasteiger partial charge in [0.1, 0.15) is 5.76 Å². The maximum absolute atomic E-state index is 10.6. The predicted molar refractivity (Wildman–Crippen MR) is 45.6 cm³/mol. The molecule has 0 aliphatic carbocycles. The van der Waals surface area contributed by atoms with Gasteiger partial charge >= 0.3 is 5.97 Å². The van der Waals surface area contributed by atoms with Crippen LogP contribution >= 0.6 is 0 Å². The van der Waals surface area contributed by atoms with Crippen LogP contribution in [0.25, 0.3) is 0 Å². The molecular formula is C8H12N2O3. The minimum Gasteiger partial charge on any atom is -0.476 e. The molecular weight excluding hydrogens is 172 g/mol. The number of aromatic carboxylic acids is 1. The first kappa shape index (κ1) is 9.73. The number of hydrogen-bond acceptors (Lipinski definition) is 4. The molecule has 0 unspecified atom stereocenters. The average molecular weight is 184 g/mol. The minimum absolute atomic E-state index is 0.00144. The molecule has 0 radical (unpaired) electrons. The zero-order chi connectivity index (χ0) is 9.84. The fraction of sp³-hybridized carbons (Fsp3) is 0.500. The van der Waals surface area contributed by atoms with Crippen LogP contribution in [0.3, 0.4) is 0 Å². The van der Waals surface area contributed by atoms with E-state index in [1.54, 1.807) is 6.92 Å². The highest BCUT2D eigenvalue weighted by atomic mass is 16.5. The monoisotopic (exact) mass is 184 g/mol. The molecule has 13 heavy (non-hydrogen) atoms. The number of nitrogens with zero attached hydrogens (tertiary/aromatic N) is 1. The third-order valence-corrected chi connectivity index (χ3v) is 1.74. The van der Waals surface area contributed by atoms with Gasteiger partial charge in [-0.25, -0.2) is 4.79 Å². The van der Waals surface area contributed by atoms with Crippen molar-refractivity contribution in [2.75, 3.05) is 6.54 Å². The number of carbonyl (C=O) groups is 1. The van der Waals surface area contributed by atoms with E-state index < -0.39 is 5.97 Å². The molecule has 5 heteroatoms. The van der Waals surface area contributed by atoms with Crippen LogP contribution in [0.1, 0.15) is 28.7 Å². The first-order valence-electron chi connectivity index (χ1n) is 4.06. The molecule has 1 aromatic heterocycles. The van der Waals surface area contributed by atoms with Crippen molar-refractivity contribution in [2.45, 2.75) is 20.4 Å². The molecule has 0 aromatic carbocycles. The zero-order valence-electron chi connectivity index (χ0n) is 7.63. The van der Waals surface area contributed by atoms with Crippen LogP contribution in [-0.2, 0) is 6.54 Å². The molecule has 72 valence electrons. The largest absolute Gasteiger partial charge is 0.476 e. The summed E-state index contributed by atoms with van der Waals surface area (Å²) in [6.07, 6.45) is 0. The molecule has 5 nitrogen and oxygen atoms in total. The maximum atomic E-state index is 10.6. The van der Waals surface area contributed by atoms with E-state index in [9.17, 15) is 4.79 Å². The van der Waals surface area contributed by atoms with Crippen molar-refractivity contribution in [3.63, 3.8) is 0 Å². The Morgan fingerprint density at radius 1 is 1.69 bits per heavy atom. The Bertz CT molecular complexity index is 306. The van der Waals surface area contributed by atoms with Crippen LogP contribution in [0.2, 0.25) is 0 Å². The molecule has 0 saturated heterocycles. The van der Waals surface area contributed by atoms with Gasteiger partial charge in [0.05, 0.1) is 0 Å². The lowest BCUT2D eigenvalue weighted by molar-refractivity contribution is 0.0684. The number of rotatable bonds is 4. The topological polar surface area (TPSA) is 75.4 Å². The van der Waals surface area contributed by atoms with Gasteiger partial charge in [0, 0.05) is 12.1 Å². The fourth-order valence-corrected chi connectivity index (χ4v) is 1.02. The van der Waals surface area contributed by atoms with Gasteiger partial charge in [-0.15, -0.1) is 0 Å². The number of carboxylic acid groups (broad SMARTS) is 1. The summed E-state index contributed by atoms with van der Waals surface area (Å²) >= 11 is 0. The Hall–Kier alpha value is -1.36. The SMILES string of the molecule is CCNCc1c(C(=O)O)noc1C. The van der Waals surface area contributed by atoms with Crippen LogP contribution in [0.4, 0.5) is 0 Å². The van der Waals surface area contributed by atoms with Crippen LogP contribution in [0.5, 0.6) is 0 Å². The smallest absolute Gasteiger partial charge is 0.358 e. The summed E-state index contributed by atoms with van der Waals surface area (Å²) in [7, 11) is 0. The molecule has 1 aromatic rings. The molecule has 1 rings (SSSR count). The van der Waals surface area contributed by atoms with E-state index in [0.717, 1.165) is 6.54 Å². The van der Waals surface area contributed by atoms with Gasteiger partial charge < -0.3 is 14.9 Å². The lowest BCUT2D eigenvalue weighted by Crippen LogP contribution is -2.14. The van der Waals surface area contributed by atoms with E-state index in [1.807, 2.05) is 6.92 Å². The summed E-state index contributed by atoms with van der Waals surface area (Å²) in [5.74, 6) is -0.497. The third kappa shape index (κ3) is 2.06. The van der Waals surface area contributed by atoms with Crippen molar-refractivity contribution >= 4 is 5.97 Å². The van der Waals surface area contributed by atoms with E-state index in [4.69, 9.17) is 9.63 Å². The van der Waals surface area contributed by atoms with Gasteiger partial charge in [0.25, 0.3) is 0 Å². The van der Waals surface area contributed by atoms with Crippen molar-refractivity contribution in [2.24, 2.45) is 0 Å². The van der Waals surface area contributed by atoms with Gasteiger partial charge in [-0.3, -0.25) is 0 Å². The van der Waals surface area contributed by atoms with Crippen LogP contribution < -0.4 is 5.32 Å². The number of aromatic nitrogens is 1. The first-order chi connectivity index (χ1) is 6.16. The van der Waals surface area contributed by atoms with Crippen LogP contribution in [0, 0.1) is 6.92 Å². The lowest BCUT2D eigenvalue weighted by Gasteiger charge is -1.99. The summed E-state index contributed by atoms with van der Waals surface area (Å²) in [4.78, 5) is 10.6. The molecule has 0 bridgehead atoms. The van der Waals surface area contributed by atoms with Gasteiger partial charge in [-0.05, 0) is 13.5 Å². The average Bonchev–Trinajstić information content (AvgIpc) is 2.43. The Morgan fingerprint density at radius 3 is 2.92 bits per heavy atom. The first-order valence-corrected chi connectivity index (χ1v) is 4.06. The molecule has 0 atom stereocenters. The highest BCUT2D eigenvalue weighted by Crippen LogP contribution is 2.12. The molecule has 2 N–H and O–H groups in total. The van der Waals surface area contributed by atoms with Crippen LogP contribution in [-0.4, -0.2) is 22.8 Å². The summed E-state index contributed by atoms with van der Waals surface area (Å²) < 4.78 is 4.78. The van der Waals surface area contributed by atoms with Gasteiger partial charge in [-0.2, -0.15) is 0 Å². The maximum Gasteiger partial charge on any atom is 0.358 e. The second-order valence-electron chi connectivity index (χ2n) is 2.65. The highest BCUT2D eigenvalue weighted by Gasteiger charge is 2.17. The number of aryl methyl sites for hydroxylation is 1. The number of hydrogen-bond donors (Lipinski definition) is 2. The van der Waals surface area contributed by atoms with Crippen molar-refractivity contribution < 1.29 is 14.4 Å². The Labute approximate surface area is 75.7 Å². The summed E-state index contributed by atoms with van der Waals surface area (Å²) in [5, 5.41) is 15.2. The molecule has 0 fully saturated rings. The quantitative estimate of drug-likeness (QED) is 0.723. The number of nitrogens with one attached hydrogen (secondary N) is 1. The predicted octanol–water partition coefficient (Wildman–Crippen LogP) is 0.791. The van der Waals surface area contributed by atoms with Gasteiger partial charge in [-0.1, -0.05) is 12.1 Å². The second kappa shape index (κ2) is 4.04. The standard InChI is InChI=1S/C8H12N2O3/c1-3-9-4-6-5(2)13-10-7(6)8(11)12/h9H,3-4H2,1-2H3,(H,11,12). The normalized spacial score (nSPS) is 10.3. The summed E-state index contributed by atoms with van der Waals surface area (Å²) in [6.45, 7) is 4.91. The van der Waals surface area contributed by atoms with Crippen molar-refractivity contribution in [1.82, 2.24) is 10.5 Å². The van der Waals surface area contributed by atoms with E-state index >= 15 is 0 Å². The minimum atomic E-state index is -1.05. The molecule has 0 spiro atoms. The lowest BCUT2D eigenvalue weighted by atomic mass is 10.2. The third-order valence-electron chi connectivity index (χ3n) is 1.74. The van der Waals surface area contributed by atoms with E-state index in [-0.39, 0.29) is 5.69 Å². The molecule has 0 saturated carbocycles. The van der Waals surface area contributed by atoms with E-state index in [2.05, 4.69) is 10.5 Å². The molecule has 0 aliphatic rings. The highest BCUT2D eigenvalue weighted by molar-refractivity contribution is 5.87. The molecule has 1 heterocycles. The summed E-state index contributed by atoms with van der Waals surface area (Å²) in [6, 6.07) is 0. The fourth-order valence-electron chi connectivity index (χ4n) is 1.02. The van der Waals surface area contributed by atoms with Crippen molar-refractivity contribution in [3.8, 4) is 0 Å². The van der Waals surface area contributed by atoms with E-state index in [1.165, 1.54) is 0 Å². The Morgan fingerprint density at radius 2 is 2.38 bits per heavy atom. The Balaban J connectivity index is 2.88. The van der Waals surface area contributed by atoms with Crippen LogP contribution in [0.15, 0.2) is 4.52 Å². The molecule has 0 aliphatic heterocycles. The second-order valence-corrected chi connectivity index (χ2v) is 2.65. The van der Waals surface area contributed by atoms with Gasteiger partial charge in [0.2, 0.25) is 0 Å². The Kier molecular flexibility index (Phi) is 3.02. The zero-order valence-corrected chi connectivity index (χ0v) is 7.63.